The fourth-order valence-electron chi connectivity index (χ4n) is 4.00. The molecule has 0 unspecified atom stereocenters. The molecule has 6 heteroatoms. The average molecular weight is 320 g/mol. The molecular weight excluding hydrogens is 292 g/mol. The number of carbonyl (C=O) groups excluding carboxylic acids is 1. The van der Waals surface area contributed by atoms with Crippen LogP contribution in [0.5, 0.6) is 0 Å². The van der Waals surface area contributed by atoms with Gasteiger partial charge in [-0.25, -0.2) is 0 Å². The molecule has 2 saturated heterocycles. The summed E-state index contributed by atoms with van der Waals surface area (Å²) in [6.07, 6.45) is 7.60. The van der Waals surface area contributed by atoms with Crippen LogP contribution in [0.15, 0.2) is 4.52 Å². The van der Waals surface area contributed by atoms with Crippen LogP contribution in [0.25, 0.3) is 0 Å². The van der Waals surface area contributed by atoms with Gasteiger partial charge in [0.15, 0.2) is 5.82 Å². The molecule has 2 aliphatic rings. The van der Waals surface area contributed by atoms with E-state index in [0.717, 1.165) is 44.6 Å². The van der Waals surface area contributed by atoms with Crippen molar-refractivity contribution in [2.24, 2.45) is 0 Å². The van der Waals surface area contributed by atoms with Crippen LogP contribution in [-0.2, 0) is 17.6 Å². The summed E-state index contributed by atoms with van der Waals surface area (Å²) in [5.74, 6) is 1.58. The van der Waals surface area contributed by atoms with Crippen molar-refractivity contribution in [2.45, 2.75) is 70.4 Å². The molecule has 3 heterocycles. The van der Waals surface area contributed by atoms with Gasteiger partial charge >= 0.3 is 0 Å². The second kappa shape index (κ2) is 7.43. The van der Waals surface area contributed by atoms with Gasteiger partial charge in [0.25, 0.3) is 0 Å². The number of carbonyl (C=O) groups is 1. The van der Waals surface area contributed by atoms with Crippen molar-refractivity contribution in [1.29, 1.82) is 0 Å². The molecule has 2 aliphatic heterocycles. The maximum absolute atomic E-state index is 12.6. The SMILES string of the molecule is CCCc1noc(CCC(=O)N2CCC[C@@H]2[C@H]2CCCN2C)n1. The molecule has 3 rings (SSSR count). The van der Waals surface area contributed by atoms with Gasteiger partial charge in [-0.15, -0.1) is 0 Å². The van der Waals surface area contributed by atoms with Gasteiger partial charge < -0.3 is 14.3 Å². The first-order valence-electron chi connectivity index (χ1n) is 9.00. The molecule has 0 saturated carbocycles. The van der Waals surface area contributed by atoms with Crippen LogP contribution in [0, 0.1) is 0 Å². The Morgan fingerprint density at radius 3 is 2.74 bits per heavy atom. The molecule has 2 fully saturated rings. The maximum Gasteiger partial charge on any atom is 0.227 e. The van der Waals surface area contributed by atoms with Gasteiger partial charge in [-0.2, -0.15) is 4.98 Å². The first-order valence-corrected chi connectivity index (χ1v) is 9.00. The zero-order valence-electron chi connectivity index (χ0n) is 14.3. The molecule has 6 nitrogen and oxygen atoms in total. The van der Waals surface area contributed by atoms with E-state index in [9.17, 15) is 4.79 Å². The van der Waals surface area contributed by atoms with Gasteiger partial charge in [-0.3, -0.25) is 4.79 Å². The summed E-state index contributed by atoms with van der Waals surface area (Å²) in [6.45, 7) is 4.15. The van der Waals surface area contributed by atoms with Crippen molar-refractivity contribution in [3.8, 4) is 0 Å². The second-order valence-corrected chi connectivity index (χ2v) is 6.84. The minimum Gasteiger partial charge on any atom is -0.339 e. The topological polar surface area (TPSA) is 62.5 Å². The van der Waals surface area contributed by atoms with E-state index in [4.69, 9.17) is 4.52 Å². The quantitative estimate of drug-likeness (QED) is 0.802. The largest absolute Gasteiger partial charge is 0.339 e. The van der Waals surface area contributed by atoms with Gasteiger partial charge in [0, 0.05) is 37.9 Å². The van der Waals surface area contributed by atoms with Crippen molar-refractivity contribution in [1.82, 2.24) is 19.9 Å². The Labute approximate surface area is 138 Å². The first-order chi connectivity index (χ1) is 11.2. The van der Waals surface area contributed by atoms with Crippen LogP contribution < -0.4 is 0 Å². The van der Waals surface area contributed by atoms with E-state index in [1.54, 1.807) is 0 Å². The molecule has 0 aliphatic carbocycles. The summed E-state index contributed by atoms with van der Waals surface area (Å²) in [7, 11) is 2.19. The lowest BCUT2D eigenvalue weighted by atomic mass is 10.0. The summed E-state index contributed by atoms with van der Waals surface area (Å²) in [6, 6.07) is 0.939. The molecule has 0 spiro atoms. The number of aromatic nitrogens is 2. The number of likely N-dealkylation sites (tertiary alicyclic amines) is 2. The van der Waals surface area contributed by atoms with Crippen molar-refractivity contribution in [3.63, 3.8) is 0 Å². The highest BCUT2D eigenvalue weighted by Gasteiger charge is 2.38. The highest BCUT2D eigenvalue weighted by atomic mass is 16.5. The Morgan fingerprint density at radius 2 is 2.00 bits per heavy atom. The monoisotopic (exact) mass is 320 g/mol. The van der Waals surface area contributed by atoms with Crippen molar-refractivity contribution >= 4 is 5.91 Å². The van der Waals surface area contributed by atoms with Gasteiger partial charge in [0.2, 0.25) is 11.8 Å². The summed E-state index contributed by atoms with van der Waals surface area (Å²) < 4.78 is 5.23. The predicted octanol–water partition coefficient (Wildman–Crippen LogP) is 2.04. The van der Waals surface area contributed by atoms with E-state index >= 15 is 0 Å². The molecule has 0 bridgehead atoms. The molecule has 1 aromatic rings. The molecule has 128 valence electrons. The number of likely N-dealkylation sites (N-methyl/N-ethyl adjacent to an activating group) is 1. The van der Waals surface area contributed by atoms with Crippen LogP contribution in [0.1, 0.15) is 57.2 Å². The summed E-state index contributed by atoms with van der Waals surface area (Å²) in [5, 5.41) is 3.95. The third kappa shape index (κ3) is 3.74. The van der Waals surface area contributed by atoms with Gasteiger partial charge in [-0.05, 0) is 45.7 Å². The average Bonchev–Trinajstić information content (AvgIpc) is 3.25. The minimum atomic E-state index is 0.239. The number of nitrogens with zero attached hydrogens (tertiary/aromatic N) is 4. The minimum absolute atomic E-state index is 0.239. The normalized spacial score (nSPS) is 25.4. The van der Waals surface area contributed by atoms with E-state index in [1.165, 1.54) is 12.8 Å². The van der Waals surface area contributed by atoms with Gasteiger partial charge in [0.05, 0.1) is 0 Å². The second-order valence-electron chi connectivity index (χ2n) is 6.84. The van der Waals surface area contributed by atoms with Gasteiger partial charge in [0.1, 0.15) is 0 Å². The Hall–Kier alpha value is -1.43. The lowest BCUT2D eigenvalue weighted by molar-refractivity contribution is -0.133. The maximum atomic E-state index is 12.6. The zero-order valence-corrected chi connectivity index (χ0v) is 14.3. The summed E-state index contributed by atoms with van der Waals surface area (Å²) in [5.41, 5.74) is 0. The number of aryl methyl sites for hydroxylation is 2. The third-order valence-electron chi connectivity index (χ3n) is 5.18. The third-order valence-corrected chi connectivity index (χ3v) is 5.18. The fraction of sp³-hybridized carbons (Fsp3) is 0.824. The lowest BCUT2D eigenvalue weighted by Gasteiger charge is -2.33. The van der Waals surface area contributed by atoms with Crippen molar-refractivity contribution < 1.29 is 9.32 Å². The predicted molar refractivity (Wildman–Crippen MR) is 87.0 cm³/mol. The van der Waals surface area contributed by atoms with Crippen LogP contribution >= 0.6 is 0 Å². The molecule has 2 atom stereocenters. The molecular formula is C17H28N4O2. The Bertz CT molecular complexity index is 530. The molecule has 0 aromatic carbocycles. The van der Waals surface area contributed by atoms with Crippen LogP contribution in [0.2, 0.25) is 0 Å². The molecule has 0 radical (unpaired) electrons. The van der Waals surface area contributed by atoms with Crippen LogP contribution in [-0.4, -0.2) is 58.1 Å². The number of hydrogen-bond donors (Lipinski definition) is 0. The van der Waals surface area contributed by atoms with E-state index in [0.29, 0.717) is 30.8 Å². The lowest BCUT2D eigenvalue weighted by Crippen LogP contribution is -2.47. The van der Waals surface area contributed by atoms with E-state index in [2.05, 4.69) is 33.9 Å². The fourth-order valence-corrected chi connectivity index (χ4v) is 4.00. The van der Waals surface area contributed by atoms with E-state index < -0.39 is 0 Å². The smallest absolute Gasteiger partial charge is 0.227 e. The first kappa shape index (κ1) is 16.4. The van der Waals surface area contributed by atoms with Crippen LogP contribution in [0.3, 0.4) is 0 Å². The zero-order chi connectivity index (χ0) is 16.2. The Kier molecular flexibility index (Phi) is 5.30. The highest BCUT2D eigenvalue weighted by molar-refractivity contribution is 5.77. The molecule has 0 N–H and O–H groups in total. The summed E-state index contributed by atoms with van der Waals surface area (Å²) >= 11 is 0. The molecule has 1 amide bonds. The summed E-state index contributed by atoms with van der Waals surface area (Å²) in [4.78, 5) is 21.5. The van der Waals surface area contributed by atoms with Crippen LogP contribution in [0.4, 0.5) is 0 Å². The van der Waals surface area contributed by atoms with Crippen molar-refractivity contribution in [2.75, 3.05) is 20.1 Å². The number of rotatable bonds is 6. The van der Waals surface area contributed by atoms with E-state index in [1.807, 2.05) is 0 Å². The van der Waals surface area contributed by atoms with E-state index in [-0.39, 0.29) is 5.91 Å². The molecule has 1 aromatic heterocycles. The van der Waals surface area contributed by atoms with Crippen molar-refractivity contribution in [3.05, 3.63) is 11.7 Å². The molecule has 23 heavy (non-hydrogen) atoms. The van der Waals surface area contributed by atoms with Gasteiger partial charge in [-0.1, -0.05) is 12.1 Å². The number of amides is 1. The Balaban J connectivity index is 1.54. The standard InChI is InChI=1S/C17H28N4O2/c1-3-6-15-18-16(23-19-15)9-10-17(22)21-12-5-8-14(21)13-7-4-11-20(13)2/h13-14H,3-12H2,1-2H3/t13-,14-/m1/s1. The Morgan fingerprint density at radius 1 is 1.22 bits per heavy atom. The highest BCUT2D eigenvalue weighted by Crippen LogP contribution is 2.29. The number of hydrogen-bond acceptors (Lipinski definition) is 5.